The summed E-state index contributed by atoms with van der Waals surface area (Å²) in [6.07, 6.45) is 2.52. The Kier molecular flexibility index (Phi) is 4.07. The first kappa shape index (κ1) is 13.5. The van der Waals surface area contributed by atoms with Crippen molar-refractivity contribution >= 4 is 39.1 Å². The van der Waals surface area contributed by atoms with E-state index in [2.05, 4.69) is 21.2 Å². The molecule has 4 nitrogen and oxygen atoms in total. The fourth-order valence-electron chi connectivity index (χ4n) is 2.29. The van der Waals surface area contributed by atoms with Gasteiger partial charge in [-0.2, -0.15) is 0 Å². The fraction of sp³-hybridized carbons (Fsp3) is 0.500. The quantitative estimate of drug-likeness (QED) is 0.891. The molecule has 1 aliphatic carbocycles. The van der Waals surface area contributed by atoms with Crippen LogP contribution in [0.3, 0.4) is 0 Å². The minimum Gasteiger partial charge on any atom is -0.369 e. The number of carbonyl (C=O) groups excluding carboxylic acids is 2. The first-order valence-corrected chi connectivity index (χ1v) is 7.51. The third kappa shape index (κ3) is 2.59. The molecule has 1 fully saturated rings. The number of hydrogen-bond donors (Lipinski definition) is 2. The van der Waals surface area contributed by atoms with Crippen LogP contribution in [-0.4, -0.2) is 17.9 Å². The number of hydrogen-bond acceptors (Lipinski definition) is 3. The number of nitrogens with two attached hydrogens (primary N) is 1. The molecular weight excluding hydrogens is 316 g/mol. The maximum absolute atomic E-state index is 12.1. The molecule has 2 atom stereocenters. The molecule has 98 valence electrons. The maximum Gasteiger partial charge on any atom is 0.262 e. The standard InChI is InChI=1S/C12H15BrN2O2S/c1-6-5-18-10(9(6)13)12(17)15-8-4-2-3-7(8)11(14)16/h5,7-8H,2-4H2,1H3,(H2,14,16)(H,15,17)/t7-,8-/m1/s1. The van der Waals surface area contributed by atoms with Gasteiger partial charge in [-0.1, -0.05) is 6.42 Å². The van der Waals surface area contributed by atoms with Gasteiger partial charge in [-0.25, -0.2) is 0 Å². The summed E-state index contributed by atoms with van der Waals surface area (Å²) in [7, 11) is 0. The molecule has 0 aromatic carbocycles. The lowest BCUT2D eigenvalue weighted by Gasteiger charge is -2.17. The predicted molar refractivity (Wildman–Crippen MR) is 74.5 cm³/mol. The number of nitrogens with one attached hydrogen (secondary N) is 1. The van der Waals surface area contributed by atoms with Crippen LogP contribution in [0.15, 0.2) is 9.85 Å². The molecule has 1 aliphatic rings. The summed E-state index contributed by atoms with van der Waals surface area (Å²) in [4.78, 5) is 24.0. The van der Waals surface area contributed by atoms with Crippen molar-refractivity contribution in [3.05, 3.63) is 20.3 Å². The van der Waals surface area contributed by atoms with Gasteiger partial charge in [0.05, 0.1) is 5.92 Å². The molecule has 6 heteroatoms. The van der Waals surface area contributed by atoms with Gasteiger partial charge in [0.2, 0.25) is 5.91 Å². The normalized spacial score (nSPS) is 23.0. The zero-order valence-electron chi connectivity index (χ0n) is 10.0. The van der Waals surface area contributed by atoms with Crippen molar-refractivity contribution in [2.75, 3.05) is 0 Å². The van der Waals surface area contributed by atoms with Crippen molar-refractivity contribution in [2.45, 2.75) is 32.2 Å². The zero-order valence-corrected chi connectivity index (χ0v) is 12.4. The molecule has 1 saturated carbocycles. The number of aryl methyl sites for hydroxylation is 1. The van der Waals surface area contributed by atoms with E-state index in [1.165, 1.54) is 11.3 Å². The Morgan fingerprint density at radius 2 is 2.22 bits per heavy atom. The van der Waals surface area contributed by atoms with Crippen molar-refractivity contribution in [1.82, 2.24) is 5.32 Å². The van der Waals surface area contributed by atoms with E-state index in [1.54, 1.807) is 0 Å². The number of amides is 2. The molecule has 2 amide bonds. The molecule has 3 N–H and O–H groups in total. The van der Waals surface area contributed by atoms with E-state index in [1.807, 2.05) is 12.3 Å². The van der Waals surface area contributed by atoms with Crippen LogP contribution in [0.4, 0.5) is 0 Å². The van der Waals surface area contributed by atoms with Crippen LogP contribution in [-0.2, 0) is 4.79 Å². The zero-order chi connectivity index (χ0) is 13.3. The summed E-state index contributed by atoms with van der Waals surface area (Å²) in [6.45, 7) is 1.94. The molecule has 0 bridgehead atoms. The number of rotatable bonds is 3. The second-order valence-electron chi connectivity index (χ2n) is 4.58. The second-order valence-corrected chi connectivity index (χ2v) is 6.25. The predicted octanol–water partition coefficient (Wildman–Crippen LogP) is 2.20. The van der Waals surface area contributed by atoms with Crippen LogP contribution in [0.5, 0.6) is 0 Å². The Balaban J connectivity index is 2.08. The second kappa shape index (κ2) is 5.40. The average molecular weight is 331 g/mol. The summed E-state index contributed by atoms with van der Waals surface area (Å²) in [5.41, 5.74) is 6.38. The smallest absolute Gasteiger partial charge is 0.262 e. The molecule has 0 aliphatic heterocycles. The van der Waals surface area contributed by atoms with Gasteiger partial charge in [0.25, 0.3) is 5.91 Å². The first-order chi connectivity index (χ1) is 8.50. The molecule has 0 radical (unpaired) electrons. The highest BCUT2D eigenvalue weighted by atomic mass is 79.9. The van der Waals surface area contributed by atoms with Crippen molar-refractivity contribution in [3.8, 4) is 0 Å². The summed E-state index contributed by atoms with van der Waals surface area (Å²) in [5, 5.41) is 4.85. The van der Waals surface area contributed by atoms with Gasteiger partial charge in [-0.15, -0.1) is 11.3 Å². The number of carbonyl (C=O) groups is 2. The van der Waals surface area contributed by atoms with Crippen molar-refractivity contribution in [1.29, 1.82) is 0 Å². The highest BCUT2D eigenvalue weighted by molar-refractivity contribution is 9.10. The van der Waals surface area contributed by atoms with Crippen LogP contribution < -0.4 is 11.1 Å². The Morgan fingerprint density at radius 3 is 2.78 bits per heavy atom. The molecule has 2 rings (SSSR count). The van der Waals surface area contributed by atoms with E-state index in [0.717, 1.165) is 29.3 Å². The molecular formula is C12H15BrN2O2S. The summed E-state index contributed by atoms with van der Waals surface area (Å²) in [5.74, 6) is -0.675. The Bertz CT molecular complexity index is 486. The van der Waals surface area contributed by atoms with E-state index < -0.39 is 0 Å². The van der Waals surface area contributed by atoms with Crippen molar-refractivity contribution in [2.24, 2.45) is 11.7 Å². The summed E-state index contributed by atoms with van der Waals surface area (Å²) >= 11 is 4.80. The third-order valence-corrected chi connectivity index (χ3v) is 5.68. The molecule has 0 unspecified atom stereocenters. The van der Waals surface area contributed by atoms with Gasteiger partial charge in [0, 0.05) is 10.5 Å². The average Bonchev–Trinajstić information content (AvgIpc) is 2.88. The topological polar surface area (TPSA) is 72.2 Å². The lowest BCUT2D eigenvalue weighted by Crippen LogP contribution is -2.42. The van der Waals surface area contributed by atoms with E-state index in [9.17, 15) is 9.59 Å². The van der Waals surface area contributed by atoms with Gasteiger partial charge in [-0.05, 0) is 46.6 Å². The molecule has 1 aromatic heterocycles. The molecule has 0 spiro atoms. The molecule has 0 saturated heterocycles. The monoisotopic (exact) mass is 330 g/mol. The molecule has 1 heterocycles. The van der Waals surface area contributed by atoms with Crippen LogP contribution >= 0.6 is 27.3 Å². The van der Waals surface area contributed by atoms with E-state index >= 15 is 0 Å². The highest BCUT2D eigenvalue weighted by Crippen LogP contribution is 2.29. The van der Waals surface area contributed by atoms with Gasteiger partial charge < -0.3 is 11.1 Å². The van der Waals surface area contributed by atoms with E-state index in [0.29, 0.717) is 4.88 Å². The SMILES string of the molecule is Cc1csc(C(=O)N[C@@H]2CCC[C@H]2C(N)=O)c1Br. The van der Waals surface area contributed by atoms with Crippen LogP contribution in [0.1, 0.15) is 34.5 Å². The minimum absolute atomic E-state index is 0.121. The molecule has 1 aromatic rings. The lowest BCUT2D eigenvalue weighted by molar-refractivity contribution is -0.122. The van der Waals surface area contributed by atoms with Crippen molar-refractivity contribution in [3.63, 3.8) is 0 Å². The molecule has 18 heavy (non-hydrogen) atoms. The Morgan fingerprint density at radius 1 is 1.50 bits per heavy atom. The maximum atomic E-state index is 12.1. The Labute approximate surface area is 118 Å². The van der Waals surface area contributed by atoms with Gasteiger partial charge >= 0.3 is 0 Å². The van der Waals surface area contributed by atoms with Gasteiger partial charge in [0.15, 0.2) is 0 Å². The summed E-state index contributed by atoms with van der Waals surface area (Å²) in [6, 6.07) is -0.121. The fourth-order valence-corrected chi connectivity index (χ4v) is 3.86. The lowest BCUT2D eigenvalue weighted by atomic mass is 10.0. The first-order valence-electron chi connectivity index (χ1n) is 5.84. The largest absolute Gasteiger partial charge is 0.369 e. The van der Waals surface area contributed by atoms with E-state index in [4.69, 9.17) is 5.73 Å². The van der Waals surface area contributed by atoms with Crippen LogP contribution in [0.2, 0.25) is 0 Å². The number of primary amides is 1. The third-order valence-electron chi connectivity index (χ3n) is 3.30. The van der Waals surface area contributed by atoms with E-state index in [-0.39, 0.29) is 23.8 Å². The summed E-state index contributed by atoms with van der Waals surface area (Å²) < 4.78 is 0.832. The van der Waals surface area contributed by atoms with Crippen LogP contribution in [0.25, 0.3) is 0 Å². The van der Waals surface area contributed by atoms with Gasteiger partial charge in [0.1, 0.15) is 4.88 Å². The van der Waals surface area contributed by atoms with Crippen LogP contribution in [0, 0.1) is 12.8 Å². The van der Waals surface area contributed by atoms with Crippen molar-refractivity contribution < 1.29 is 9.59 Å². The highest BCUT2D eigenvalue weighted by Gasteiger charge is 2.33. The number of thiophene rings is 1. The number of halogens is 1. The van der Waals surface area contributed by atoms with Gasteiger partial charge in [-0.3, -0.25) is 9.59 Å². The Hall–Kier alpha value is -0.880. The minimum atomic E-state index is -0.320.